The highest BCUT2D eigenvalue weighted by atomic mass is 35.5. The summed E-state index contributed by atoms with van der Waals surface area (Å²) >= 11 is 12.2. The number of benzene rings is 2. The van der Waals surface area contributed by atoms with Crippen LogP contribution in [-0.4, -0.2) is 29.4 Å². The molecular formula is C21H21Cl2N3O2. The van der Waals surface area contributed by atoms with E-state index >= 15 is 0 Å². The molecule has 1 unspecified atom stereocenters. The van der Waals surface area contributed by atoms with Crippen molar-refractivity contribution < 1.29 is 9.59 Å². The lowest BCUT2D eigenvalue weighted by Crippen LogP contribution is -2.31. The Hall–Kier alpha value is -2.24. The fraction of sp³-hybridized carbons (Fsp3) is 0.333. The minimum absolute atomic E-state index is 0.0305. The Balaban J connectivity index is 1.50. The zero-order valence-electron chi connectivity index (χ0n) is 15.3. The van der Waals surface area contributed by atoms with Gasteiger partial charge in [-0.15, -0.1) is 0 Å². The van der Waals surface area contributed by atoms with Crippen LogP contribution in [0.2, 0.25) is 10.0 Å². The van der Waals surface area contributed by atoms with E-state index in [4.69, 9.17) is 23.2 Å². The third-order valence-corrected chi connectivity index (χ3v) is 5.86. The van der Waals surface area contributed by atoms with Gasteiger partial charge < -0.3 is 15.5 Å². The third kappa shape index (κ3) is 4.26. The summed E-state index contributed by atoms with van der Waals surface area (Å²) in [6, 6.07) is 12.6. The second-order valence-corrected chi connectivity index (χ2v) is 8.10. The van der Waals surface area contributed by atoms with Gasteiger partial charge in [0, 0.05) is 23.8 Å². The first-order chi connectivity index (χ1) is 13.5. The molecule has 2 aromatic rings. The molecule has 0 bridgehead atoms. The number of hydrogen-bond donors (Lipinski definition) is 2. The number of anilines is 1. The first-order valence-corrected chi connectivity index (χ1v) is 10.2. The van der Waals surface area contributed by atoms with E-state index in [1.807, 2.05) is 17.0 Å². The summed E-state index contributed by atoms with van der Waals surface area (Å²) in [5, 5.41) is 6.67. The topological polar surface area (TPSA) is 61.4 Å². The van der Waals surface area contributed by atoms with Gasteiger partial charge in [0.2, 0.25) is 0 Å². The van der Waals surface area contributed by atoms with Crippen LogP contribution >= 0.6 is 23.2 Å². The summed E-state index contributed by atoms with van der Waals surface area (Å²) < 4.78 is 0. The van der Waals surface area contributed by atoms with Crippen molar-refractivity contribution >= 4 is 40.8 Å². The summed E-state index contributed by atoms with van der Waals surface area (Å²) in [5.74, 6) is -0.0557. The van der Waals surface area contributed by atoms with E-state index in [1.54, 1.807) is 30.3 Å². The number of halogens is 2. The monoisotopic (exact) mass is 417 g/mol. The predicted molar refractivity (Wildman–Crippen MR) is 111 cm³/mol. The van der Waals surface area contributed by atoms with Gasteiger partial charge in [-0.05, 0) is 61.6 Å². The van der Waals surface area contributed by atoms with E-state index < -0.39 is 0 Å². The highest BCUT2D eigenvalue weighted by molar-refractivity contribution is 6.42. The molecule has 7 heteroatoms. The number of nitrogens with one attached hydrogen (secondary N) is 2. The molecule has 1 aliphatic heterocycles. The second-order valence-electron chi connectivity index (χ2n) is 7.28. The van der Waals surface area contributed by atoms with Gasteiger partial charge in [0.1, 0.15) is 0 Å². The van der Waals surface area contributed by atoms with Gasteiger partial charge in [0.25, 0.3) is 5.91 Å². The van der Waals surface area contributed by atoms with Gasteiger partial charge in [0.05, 0.1) is 16.1 Å². The molecule has 3 amide bonds. The van der Waals surface area contributed by atoms with Crippen LogP contribution in [0.3, 0.4) is 0 Å². The van der Waals surface area contributed by atoms with Gasteiger partial charge in [-0.1, -0.05) is 35.3 Å². The summed E-state index contributed by atoms with van der Waals surface area (Å²) in [7, 11) is 0. The van der Waals surface area contributed by atoms with Crippen molar-refractivity contribution in [3.8, 4) is 0 Å². The maximum absolute atomic E-state index is 13.1. The summed E-state index contributed by atoms with van der Waals surface area (Å²) in [6.07, 6.45) is 3.86. The average molecular weight is 418 g/mol. The smallest absolute Gasteiger partial charge is 0.319 e. The minimum atomic E-state index is -0.234. The zero-order valence-corrected chi connectivity index (χ0v) is 16.8. The number of urea groups is 1. The van der Waals surface area contributed by atoms with Gasteiger partial charge in [-0.2, -0.15) is 0 Å². The van der Waals surface area contributed by atoms with Crippen molar-refractivity contribution in [3.63, 3.8) is 0 Å². The second kappa shape index (κ2) is 8.02. The molecule has 0 spiro atoms. The molecule has 2 fully saturated rings. The van der Waals surface area contributed by atoms with Crippen LogP contribution in [0.5, 0.6) is 0 Å². The van der Waals surface area contributed by atoms with Gasteiger partial charge in [0.15, 0.2) is 0 Å². The van der Waals surface area contributed by atoms with Crippen molar-refractivity contribution in [3.05, 3.63) is 63.6 Å². The highest BCUT2D eigenvalue weighted by Gasteiger charge is 2.31. The van der Waals surface area contributed by atoms with E-state index in [1.165, 1.54) is 0 Å². The Morgan fingerprint density at radius 3 is 2.57 bits per heavy atom. The molecule has 1 aliphatic carbocycles. The molecule has 146 valence electrons. The number of amides is 3. The lowest BCUT2D eigenvalue weighted by molar-refractivity contribution is 0.0735. The fourth-order valence-corrected chi connectivity index (χ4v) is 3.86. The van der Waals surface area contributed by atoms with Crippen LogP contribution in [-0.2, 0) is 0 Å². The van der Waals surface area contributed by atoms with Gasteiger partial charge >= 0.3 is 6.03 Å². The first-order valence-electron chi connectivity index (χ1n) is 9.45. The average Bonchev–Trinajstić information content (AvgIpc) is 3.35. The Labute approximate surface area is 174 Å². The largest absolute Gasteiger partial charge is 0.335 e. The Morgan fingerprint density at radius 1 is 1.00 bits per heavy atom. The quantitative estimate of drug-likeness (QED) is 0.712. The molecular weight excluding hydrogens is 397 g/mol. The molecule has 2 N–H and O–H groups in total. The van der Waals surface area contributed by atoms with E-state index in [0.717, 1.165) is 31.2 Å². The molecule has 1 atom stereocenters. The van der Waals surface area contributed by atoms with E-state index in [9.17, 15) is 9.59 Å². The molecule has 1 saturated heterocycles. The zero-order chi connectivity index (χ0) is 19.7. The Bertz CT molecular complexity index is 914. The van der Waals surface area contributed by atoms with Crippen molar-refractivity contribution in [1.82, 2.24) is 10.2 Å². The molecule has 2 aromatic carbocycles. The van der Waals surface area contributed by atoms with Crippen LogP contribution in [0.15, 0.2) is 42.5 Å². The number of hydrogen-bond acceptors (Lipinski definition) is 2. The summed E-state index contributed by atoms with van der Waals surface area (Å²) in [6.45, 7) is 0.684. The Morgan fingerprint density at radius 2 is 1.82 bits per heavy atom. The van der Waals surface area contributed by atoms with Crippen LogP contribution in [0, 0.1) is 0 Å². The van der Waals surface area contributed by atoms with Crippen LogP contribution in [0.1, 0.15) is 47.6 Å². The van der Waals surface area contributed by atoms with Crippen molar-refractivity contribution in [1.29, 1.82) is 0 Å². The minimum Gasteiger partial charge on any atom is -0.335 e. The number of nitrogens with zero attached hydrogens (tertiary/aromatic N) is 1. The maximum atomic E-state index is 13.1. The summed E-state index contributed by atoms with van der Waals surface area (Å²) in [5.41, 5.74) is 2.14. The fourth-order valence-electron chi connectivity index (χ4n) is 3.55. The lowest BCUT2D eigenvalue weighted by Gasteiger charge is -2.25. The number of likely N-dealkylation sites (tertiary alicyclic amines) is 1. The SMILES string of the molecule is O=C(Nc1cccc(C(=O)N2CCCC2c2ccc(Cl)c(Cl)c2)c1)NC1CC1. The normalized spacial score (nSPS) is 18.8. The van der Waals surface area contributed by atoms with E-state index in [2.05, 4.69) is 10.6 Å². The molecule has 4 rings (SSSR count). The number of carbonyl (C=O) groups excluding carboxylic acids is 2. The molecule has 28 heavy (non-hydrogen) atoms. The molecule has 5 nitrogen and oxygen atoms in total. The van der Waals surface area contributed by atoms with Gasteiger partial charge in [-0.3, -0.25) is 4.79 Å². The van der Waals surface area contributed by atoms with Crippen molar-refractivity contribution in [2.24, 2.45) is 0 Å². The molecule has 1 heterocycles. The van der Waals surface area contributed by atoms with E-state index in [0.29, 0.717) is 27.8 Å². The van der Waals surface area contributed by atoms with Crippen LogP contribution in [0.25, 0.3) is 0 Å². The van der Waals surface area contributed by atoms with Crippen molar-refractivity contribution in [2.45, 2.75) is 37.8 Å². The number of carbonyl (C=O) groups is 2. The lowest BCUT2D eigenvalue weighted by atomic mass is 10.0. The standard InChI is InChI=1S/C21H21Cl2N3O2/c22-17-9-6-13(12-18(17)23)19-5-2-10-26(19)20(27)14-3-1-4-16(11-14)25-21(28)24-15-7-8-15/h1,3-4,6,9,11-12,15,19H,2,5,7-8,10H2,(H2,24,25,28). The first kappa shape index (κ1) is 19.1. The molecule has 2 aliphatic rings. The third-order valence-electron chi connectivity index (χ3n) is 5.12. The maximum Gasteiger partial charge on any atom is 0.319 e. The Kier molecular flexibility index (Phi) is 5.47. The summed E-state index contributed by atoms with van der Waals surface area (Å²) in [4.78, 5) is 27.0. The van der Waals surface area contributed by atoms with Crippen LogP contribution in [0.4, 0.5) is 10.5 Å². The van der Waals surface area contributed by atoms with Gasteiger partial charge in [-0.25, -0.2) is 4.79 Å². The van der Waals surface area contributed by atoms with E-state index in [-0.39, 0.29) is 24.0 Å². The van der Waals surface area contributed by atoms with Crippen molar-refractivity contribution in [2.75, 3.05) is 11.9 Å². The van der Waals surface area contributed by atoms with Crippen LogP contribution < -0.4 is 10.6 Å². The predicted octanol–water partition coefficient (Wildman–Crippen LogP) is 5.25. The molecule has 0 aromatic heterocycles. The molecule has 0 radical (unpaired) electrons. The molecule has 1 saturated carbocycles. The number of rotatable bonds is 4. The highest BCUT2D eigenvalue weighted by Crippen LogP contribution is 2.36.